The summed E-state index contributed by atoms with van der Waals surface area (Å²) in [6.45, 7) is 14.0. The fourth-order valence-electron chi connectivity index (χ4n) is 3.04. The molecule has 1 aliphatic rings. The van der Waals surface area contributed by atoms with Gasteiger partial charge in [-0.2, -0.15) is 0 Å². The highest BCUT2D eigenvalue weighted by molar-refractivity contribution is 7.09. The Hall–Kier alpha value is -0.370. The number of carbonyl (C=O) groups excluding carboxylic acids is 1. The second-order valence-electron chi connectivity index (χ2n) is 6.26. The van der Waals surface area contributed by atoms with Crippen LogP contribution in [0.1, 0.15) is 25.1 Å². The van der Waals surface area contributed by atoms with E-state index in [-0.39, 0.29) is 24.8 Å². The highest BCUT2D eigenvalue weighted by Crippen LogP contribution is 2.12. The highest BCUT2D eigenvalue weighted by atomic mass is 35.5. The van der Waals surface area contributed by atoms with Crippen LogP contribution in [0.4, 0.5) is 0 Å². The maximum atomic E-state index is 12.4. The molecule has 152 valence electrons. The summed E-state index contributed by atoms with van der Waals surface area (Å²) in [5.74, 6) is 0.301. The number of thiophene rings is 1. The third kappa shape index (κ3) is 9.02. The molecular formula is C18H34Cl2N4OS. The molecule has 1 aromatic rings. The molecule has 1 N–H and O–H groups in total. The molecule has 0 atom stereocenters. The van der Waals surface area contributed by atoms with Gasteiger partial charge in [-0.05, 0) is 24.5 Å². The summed E-state index contributed by atoms with van der Waals surface area (Å²) in [5, 5.41) is 5.43. The molecule has 5 nitrogen and oxygen atoms in total. The molecule has 0 bridgehead atoms. The van der Waals surface area contributed by atoms with Crippen LogP contribution < -0.4 is 5.32 Å². The molecule has 0 saturated carbocycles. The van der Waals surface area contributed by atoms with Crippen LogP contribution in [0.2, 0.25) is 0 Å². The molecule has 1 saturated heterocycles. The minimum atomic E-state index is 0. The first-order valence-corrected chi connectivity index (χ1v) is 10.1. The van der Waals surface area contributed by atoms with Crippen molar-refractivity contribution in [1.82, 2.24) is 20.0 Å². The van der Waals surface area contributed by atoms with Crippen LogP contribution in [0.25, 0.3) is 0 Å². The second-order valence-corrected chi connectivity index (χ2v) is 7.30. The van der Waals surface area contributed by atoms with E-state index in [1.165, 1.54) is 4.88 Å². The summed E-state index contributed by atoms with van der Waals surface area (Å²) in [5.41, 5.74) is 0. The molecule has 2 rings (SSSR count). The average molecular weight is 425 g/mol. The minimum Gasteiger partial charge on any atom is -0.340 e. The smallest absolute Gasteiger partial charge is 0.223 e. The molecule has 2 heterocycles. The number of nitrogens with one attached hydrogen (secondary N) is 1. The van der Waals surface area contributed by atoms with Crippen LogP contribution in [0.3, 0.4) is 0 Å². The lowest BCUT2D eigenvalue weighted by Gasteiger charge is -2.29. The summed E-state index contributed by atoms with van der Waals surface area (Å²) in [6, 6.07) is 4.29. The van der Waals surface area contributed by atoms with Gasteiger partial charge in [0, 0.05) is 63.7 Å². The van der Waals surface area contributed by atoms with Gasteiger partial charge in [-0.1, -0.05) is 19.9 Å². The zero-order valence-corrected chi connectivity index (χ0v) is 18.4. The van der Waals surface area contributed by atoms with Gasteiger partial charge in [0.25, 0.3) is 0 Å². The fourth-order valence-corrected chi connectivity index (χ4v) is 3.79. The lowest BCUT2D eigenvalue weighted by Crippen LogP contribution is -2.47. The van der Waals surface area contributed by atoms with Crippen LogP contribution in [0, 0.1) is 0 Å². The Bertz CT molecular complexity index is 466. The normalized spacial score (nSPS) is 14.2. The number of hydrogen-bond acceptors (Lipinski definition) is 5. The minimum absolute atomic E-state index is 0. The van der Waals surface area contributed by atoms with Crippen molar-refractivity contribution in [3.05, 3.63) is 22.4 Å². The first kappa shape index (κ1) is 25.6. The standard InChI is InChI=1S/C18H32N4OS.2ClH/c1-3-20(4-2)13-14-21(16-17-6-5-15-24-17)10-7-18(23)22-11-8-19-9-12-22;;/h5-6,15,19H,3-4,7-14,16H2,1-2H3;2*1H. The number of rotatable bonds is 10. The predicted octanol–water partition coefficient (Wildman–Crippen LogP) is 2.56. The second kappa shape index (κ2) is 14.7. The van der Waals surface area contributed by atoms with E-state index in [0.29, 0.717) is 12.3 Å². The van der Waals surface area contributed by atoms with Crippen LogP contribution in [0.15, 0.2) is 17.5 Å². The van der Waals surface area contributed by atoms with Gasteiger partial charge in [0.2, 0.25) is 5.91 Å². The van der Waals surface area contributed by atoms with Gasteiger partial charge >= 0.3 is 0 Å². The van der Waals surface area contributed by atoms with Crippen LogP contribution in [-0.4, -0.2) is 79.5 Å². The van der Waals surface area contributed by atoms with Crippen LogP contribution in [0.5, 0.6) is 0 Å². The van der Waals surface area contributed by atoms with Gasteiger partial charge in [0.15, 0.2) is 0 Å². The fraction of sp³-hybridized carbons (Fsp3) is 0.722. The summed E-state index contributed by atoms with van der Waals surface area (Å²) in [4.78, 5) is 20.7. The van der Waals surface area contributed by atoms with E-state index in [9.17, 15) is 4.79 Å². The van der Waals surface area contributed by atoms with Crippen LogP contribution >= 0.6 is 36.2 Å². The lowest BCUT2D eigenvalue weighted by molar-refractivity contribution is -0.132. The molecule has 8 heteroatoms. The van der Waals surface area contributed by atoms with Crippen LogP contribution in [-0.2, 0) is 11.3 Å². The summed E-state index contributed by atoms with van der Waals surface area (Å²) < 4.78 is 0. The van der Waals surface area contributed by atoms with Crippen molar-refractivity contribution in [2.45, 2.75) is 26.8 Å². The summed E-state index contributed by atoms with van der Waals surface area (Å²) in [6.07, 6.45) is 0.629. The Kier molecular flexibility index (Phi) is 14.5. The molecule has 1 aromatic heterocycles. The molecule has 0 aromatic carbocycles. The Morgan fingerprint density at radius 3 is 2.35 bits per heavy atom. The first-order chi connectivity index (χ1) is 11.7. The molecule has 1 fully saturated rings. The average Bonchev–Trinajstić information content (AvgIpc) is 3.13. The molecule has 0 spiro atoms. The van der Waals surface area contributed by atoms with E-state index in [0.717, 1.165) is 65.4 Å². The Labute approximate surface area is 174 Å². The highest BCUT2D eigenvalue weighted by Gasteiger charge is 2.17. The van der Waals surface area contributed by atoms with Crippen molar-refractivity contribution >= 4 is 42.1 Å². The SMILES string of the molecule is CCN(CC)CCN(CCC(=O)N1CCNCC1)Cc1cccs1.Cl.Cl. The molecule has 0 aliphatic carbocycles. The topological polar surface area (TPSA) is 38.8 Å². The van der Waals surface area contributed by atoms with E-state index in [2.05, 4.69) is 46.5 Å². The molecule has 0 radical (unpaired) electrons. The first-order valence-electron chi connectivity index (χ1n) is 9.18. The number of halogens is 2. The quantitative estimate of drug-likeness (QED) is 0.626. The number of carbonyl (C=O) groups is 1. The Balaban J connectivity index is 0.00000312. The zero-order valence-electron chi connectivity index (χ0n) is 16.0. The van der Waals surface area contributed by atoms with E-state index in [1.807, 2.05) is 4.90 Å². The third-order valence-electron chi connectivity index (χ3n) is 4.70. The van der Waals surface area contributed by atoms with E-state index in [1.54, 1.807) is 11.3 Å². The van der Waals surface area contributed by atoms with Gasteiger partial charge in [0.05, 0.1) is 0 Å². The predicted molar refractivity (Wildman–Crippen MR) is 116 cm³/mol. The number of hydrogen-bond donors (Lipinski definition) is 1. The van der Waals surface area contributed by atoms with Gasteiger partial charge in [0.1, 0.15) is 0 Å². The maximum Gasteiger partial charge on any atom is 0.223 e. The van der Waals surface area contributed by atoms with Crippen molar-refractivity contribution < 1.29 is 4.79 Å². The maximum absolute atomic E-state index is 12.4. The van der Waals surface area contributed by atoms with Crippen molar-refractivity contribution in [2.24, 2.45) is 0 Å². The number of amides is 1. The molecule has 1 aliphatic heterocycles. The monoisotopic (exact) mass is 424 g/mol. The molecule has 0 unspecified atom stereocenters. The van der Waals surface area contributed by atoms with Crippen molar-refractivity contribution in [1.29, 1.82) is 0 Å². The zero-order chi connectivity index (χ0) is 17.2. The van der Waals surface area contributed by atoms with Crippen molar-refractivity contribution in [2.75, 3.05) is 58.9 Å². The van der Waals surface area contributed by atoms with Gasteiger partial charge < -0.3 is 15.1 Å². The number of piperazine rings is 1. The molecular weight excluding hydrogens is 391 g/mol. The van der Waals surface area contributed by atoms with Crippen molar-refractivity contribution in [3.63, 3.8) is 0 Å². The van der Waals surface area contributed by atoms with Gasteiger partial charge in [-0.25, -0.2) is 0 Å². The number of nitrogens with zero attached hydrogens (tertiary/aromatic N) is 3. The Morgan fingerprint density at radius 2 is 1.77 bits per heavy atom. The molecule has 1 amide bonds. The summed E-state index contributed by atoms with van der Waals surface area (Å²) in [7, 11) is 0. The largest absolute Gasteiger partial charge is 0.340 e. The van der Waals surface area contributed by atoms with E-state index in [4.69, 9.17) is 0 Å². The summed E-state index contributed by atoms with van der Waals surface area (Å²) >= 11 is 1.80. The van der Waals surface area contributed by atoms with Crippen molar-refractivity contribution in [3.8, 4) is 0 Å². The van der Waals surface area contributed by atoms with E-state index < -0.39 is 0 Å². The number of likely N-dealkylation sites (N-methyl/N-ethyl adjacent to an activating group) is 1. The van der Waals surface area contributed by atoms with E-state index >= 15 is 0 Å². The Morgan fingerprint density at radius 1 is 1.12 bits per heavy atom. The molecule has 26 heavy (non-hydrogen) atoms. The lowest BCUT2D eigenvalue weighted by atomic mass is 10.2. The van der Waals surface area contributed by atoms with Gasteiger partial charge in [-0.15, -0.1) is 36.2 Å². The van der Waals surface area contributed by atoms with Gasteiger partial charge in [-0.3, -0.25) is 9.69 Å². The third-order valence-corrected chi connectivity index (χ3v) is 5.56.